The number of nitrogens with zero attached hydrogens (tertiary/aromatic N) is 1. The molecule has 0 fully saturated rings. The normalized spacial score (nSPS) is 12.9. The summed E-state index contributed by atoms with van der Waals surface area (Å²) < 4.78 is 9.53. The van der Waals surface area contributed by atoms with Gasteiger partial charge in [-0.25, -0.2) is 0 Å². The molecular weight excluding hydrogens is 593 g/mol. The molecule has 0 saturated heterocycles. The molecule has 0 saturated carbocycles. The zero-order chi connectivity index (χ0) is 32.9. The highest BCUT2D eigenvalue weighted by Gasteiger charge is 2.41. The van der Waals surface area contributed by atoms with Crippen molar-refractivity contribution in [1.82, 2.24) is 4.57 Å². The average Bonchev–Trinajstić information content (AvgIpc) is 3.47. The first-order valence-electron chi connectivity index (χ1n) is 17.2. The molecule has 2 aliphatic heterocycles. The average molecular weight is 628 g/mol. The van der Waals surface area contributed by atoms with E-state index in [9.17, 15) is 0 Å². The van der Waals surface area contributed by atoms with Gasteiger partial charge in [0.15, 0.2) is 0 Å². The molecule has 49 heavy (non-hydrogen) atoms. The molecule has 0 N–H and O–H groups in total. The van der Waals surface area contributed by atoms with Gasteiger partial charge in [-0.2, -0.15) is 0 Å². The van der Waals surface area contributed by atoms with E-state index in [1.54, 1.807) is 0 Å². The number of rotatable bonds is 3. The van der Waals surface area contributed by atoms with Crippen LogP contribution in [0, 0.1) is 0 Å². The minimum absolute atomic E-state index is 0.0316. The standard InChI is InChI=1S/C46H34BNO/c1-46(2,3)35-27-41-44-43(28-35)49-42-26-33(30-15-9-5-10-16-30)19-21-38(42)47(44)39-25-34(31-17-11-6-12-18-31)24-37-36-23-32(29-13-7-4-8-14-29)20-22-40(36)48(41)45(37)39/h4-28H,1-3H3. The number of aromatic nitrogens is 1. The smallest absolute Gasteiger partial charge is 0.256 e. The first-order chi connectivity index (χ1) is 23.9. The summed E-state index contributed by atoms with van der Waals surface area (Å²) in [4.78, 5) is 0. The molecule has 0 unspecified atom stereocenters. The van der Waals surface area contributed by atoms with E-state index >= 15 is 0 Å². The molecule has 10 rings (SSSR count). The van der Waals surface area contributed by atoms with E-state index in [1.165, 1.54) is 77.3 Å². The van der Waals surface area contributed by atoms with Crippen molar-refractivity contribution in [3.05, 3.63) is 157 Å². The van der Waals surface area contributed by atoms with Crippen LogP contribution in [-0.2, 0) is 5.41 Å². The second kappa shape index (κ2) is 10.4. The Balaban J connectivity index is 1.33. The molecule has 3 heterocycles. The predicted octanol–water partition coefficient (Wildman–Crippen LogP) is 10.0. The van der Waals surface area contributed by atoms with E-state index in [2.05, 4.69) is 177 Å². The van der Waals surface area contributed by atoms with Crippen LogP contribution >= 0.6 is 0 Å². The highest BCUT2D eigenvalue weighted by molar-refractivity contribution is 6.99. The largest absolute Gasteiger partial charge is 0.458 e. The molecule has 0 atom stereocenters. The van der Waals surface area contributed by atoms with Gasteiger partial charge in [0.1, 0.15) is 11.5 Å². The Bertz CT molecular complexity index is 2600. The van der Waals surface area contributed by atoms with Crippen LogP contribution in [0.5, 0.6) is 11.5 Å². The van der Waals surface area contributed by atoms with E-state index in [0.29, 0.717) is 0 Å². The minimum atomic E-state index is -0.0590. The quantitative estimate of drug-likeness (QED) is 0.178. The Morgan fingerprint density at radius 1 is 0.490 bits per heavy atom. The lowest BCUT2D eigenvalue weighted by Gasteiger charge is -2.35. The molecule has 2 aliphatic rings. The maximum atomic E-state index is 7.00. The van der Waals surface area contributed by atoms with Crippen LogP contribution in [0.1, 0.15) is 26.3 Å². The van der Waals surface area contributed by atoms with Gasteiger partial charge in [0, 0.05) is 22.0 Å². The first kappa shape index (κ1) is 28.2. The molecule has 8 aromatic rings. The van der Waals surface area contributed by atoms with Crippen LogP contribution in [0.4, 0.5) is 0 Å². The summed E-state index contributed by atoms with van der Waals surface area (Å²) in [6, 6.07) is 55.6. The molecule has 232 valence electrons. The highest BCUT2D eigenvalue weighted by atomic mass is 16.5. The maximum Gasteiger partial charge on any atom is 0.256 e. The van der Waals surface area contributed by atoms with Crippen LogP contribution in [0.15, 0.2) is 152 Å². The van der Waals surface area contributed by atoms with E-state index in [0.717, 1.165) is 17.1 Å². The fourth-order valence-corrected chi connectivity index (χ4v) is 8.13. The molecule has 0 bridgehead atoms. The van der Waals surface area contributed by atoms with Crippen molar-refractivity contribution in [2.24, 2.45) is 0 Å². The van der Waals surface area contributed by atoms with E-state index in [4.69, 9.17) is 4.74 Å². The van der Waals surface area contributed by atoms with Gasteiger partial charge >= 0.3 is 0 Å². The second-order valence-electron chi connectivity index (χ2n) is 14.6. The van der Waals surface area contributed by atoms with Crippen molar-refractivity contribution in [2.75, 3.05) is 0 Å². The predicted molar refractivity (Wildman–Crippen MR) is 207 cm³/mol. The Hall–Kier alpha value is -5.80. The number of ether oxygens (including phenoxy) is 1. The number of benzene rings is 7. The SMILES string of the molecule is CC(C)(C)c1cc2c3c(c1)-n1c4ccc(-c5ccccc5)cc4c4cc(-c5ccccc5)cc(c41)B3c1ccc(-c3ccccc3)cc1O2. The third-order valence-electron chi connectivity index (χ3n) is 10.6. The molecular formula is C46H34BNO. The lowest BCUT2D eigenvalue weighted by Crippen LogP contribution is -2.58. The Labute approximate surface area is 287 Å². The topological polar surface area (TPSA) is 14.2 Å². The van der Waals surface area contributed by atoms with Crippen molar-refractivity contribution < 1.29 is 4.74 Å². The van der Waals surface area contributed by atoms with Crippen molar-refractivity contribution in [1.29, 1.82) is 0 Å². The molecule has 0 spiro atoms. The van der Waals surface area contributed by atoms with Gasteiger partial charge < -0.3 is 9.30 Å². The molecule has 0 aliphatic carbocycles. The van der Waals surface area contributed by atoms with Gasteiger partial charge in [-0.1, -0.05) is 136 Å². The van der Waals surface area contributed by atoms with E-state index < -0.39 is 0 Å². The van der Waals surface area contributed by atoms with Gasteiger partial charge in [-0.15, -0.1) is 0 Å². The van der Waals surface area contributed by atoms with Crippen LogP contribution < -0.4 is 21.1 Å². The molecule has 7 aromatic carbocycles. The van der Waals surface area contributed by atoms with Gasteiger partial charge in [0.05, 0.1) is 5.52 Å². The fourth-order valence-electron chi connectivity index (χ4n) is 8.13. The summed E-state index contributed by atoms with van der Waals surface area (Å²) in [6.45, 7) is 6.91. The van der Waals surface area contributed by atoms with Crippen LogP contribution in [-0.4, -0.2) is 11.3 Å². The summed E-state index contributed by atoms with van der Waals surface area (Å²) in [5, 5.41) is 2.55. The highest BCUT2D eigenvalue weighted by Crippen LogP contribution is 2.42. The number of hydrogen-bond donors (Lipinski definition) is 0. The maximum absolute atomic E-state index is 7.00. The lowest BCUT2D eigenvalue weighted by molar-refractivity contribution is 0.483. The van der Waals surface area contributed by atoms with Crippen molar-refractivity contribution >= 4 is 44.9 Å². The van der Waals surface area contributed by atoms with Gasteiger partial charge in [-0.05, 0) is 97.1 Å². The van der Waals surface area contributed by atoms with Gasteiger partial charge in [0.2, 0.25) is 0 Å². The van der Waals surface area contributed by atoms with Crippen LogP contribution in [0.3, 0.4) is 0 Å². The van der Waals surface area contributed by atoms with E-state index in [1.807, 2.05) is 0 Å². The monoisotopic (exact) mass is 627 g/mol. The minimum Gasteiger partial charge on any atom is -0.458 e. The fraction of sp³-hybridized carbons (Fsp3) is 0.0870. The third kappa shape index (κ3) is 4.28. The molecule has 0 radical (unpaired) electrons. The lowest BCUT2D eigenvalue weighted by atomic mass is 9.34. The van der Waals surface area contributed by atoms with Crippen LogP contribution in [0.2, 0.25) is 0 Å². The Kier molecular flexibility index (Phi) is 5.96. The summed E-state index contributed by atoms with van der Waals surface area (Å²) in [7, 11) is 0. The zero-order valence-electron chi connectivity index (χ0n) is 27.9. The Morgan fingerprint density at radius 3 is 1.73 bits per heavy atom. The summed E-state index contributed by atoms with van der Waals surface area (Å²) in [6.07, 6.45) is 0. The van der Waals surface area contributed by atoms with Crippen molar-refractivity contribution in [3.8, 4) is 50.6 Å². The molecule has 2 nitrogen and oxygen atoms in total. The molecule has 0 amide bonds. The van der Waals surface area contributed by atoms with Gasteiger partial charge in [-0.3, -0.25) is 0 Å². The van der Waals surface area contributed by atoms with Crippen LogP contribution in [0.25, 0.3) is 60.9 Å². The molecule has 3 heteroatoms. The molecule has 1 aromatic heterocycles. The second-order valence-corrected chi connectivity index (χ2v) is 14.6. The zero-order valence-corrected chi connectivity index (χ0v) is 27.9. The number of hydrogen-bond acceptors (Lipinski definition) is 1. The Morgan fingerprint density at radius 2 is 1.08 bits per heavy atom. The van der Waals surface area contributed by atoms with Crippen molar-refractivity contribution in [3.63, 3.8) is 0 Å². The first-order valence-corrected chi connectivity index (χ1v) is 17.2. The van der Waals surface area contributed by atoms with E-state index in [-0.39, 0.29) is 12.1 Å². The summed E-state index contributed by atoms with van der Waals surface area (Å²) in [5.74, 6) is 1.89. The van der Waals surface area contributed by atoms with Gasteiger partial charge in [0.25, 0.3) is 6.71 Å². The third-order valence-corrected chi connectivity index (χ3v) is 10.6. The number of fused-ring (bicyclic) bond motifs is 7. The summed E-state index contributed by atoms with van der Waals surface area (Å²) >= 11 is 0. The van der Waals surface area contributed by atoms with Crippen molar-refractivity contribution in [2.45, 2.75) is 26.2 Å². The summed E-state index contributed by atoms with van der Waals surface area (Å²) in [5.41, 5.74) is 16.0.